The fraction of sp³-hybridized carbons (Fsp3) is 0.933. The molecule has 1 fully saturated rings. The van der Waals surface area contributed by atoms with Crippen LogP contribution in [0.15, 0.2) is 0 Å². The van der Waals surface area contributed by atoms with Crippen molar-refractivity contribution in [1.29, 1.82) is 0 Å². The lowest BCUT2D eigenvalue weighted by atomic mass is 9.87. The molecule has 0 saturated heterocycles. The molecule has 18 heavy (non-hydrogen) atoms. The second-order valence-corrected chi connectivity index (χ2v) is 5.55. The minimum absolute atomic E-state index is 0.0251. The summed E-state index contributed by atoms with van der Waals surface area (Å²) >= 11 is 0. The Morgan fingerprint density at radius 2 is 1.94 bits per heavy atom. The molecule has 1 rings (SSSR count). The predicted octanol–water partition coefficient (Wildman–Crippen LogP) is 3.30. The topological polar surface area (TPSA) is 46.5 Å². The van der Waals surface area contributed by atoms with Gasteiger partial charge in [0.05, 0.1) is 18.6 Å². The van der Waals surface area contributed by atoms with Gasteiger partial charge in [-0.15, -0.1) is 0 Å². The number of carbonyl (C=O) groups excluding carboxylic acids is 1. The Kier molecular flexibility index (Phi) is 7.33. The van der Waals surface area contributed by atoms with Crippen molar-refractivity contribution in [3.8, 4) is 0 Å². The molecule has 0 aromatic heterocycles. The number of aliphatic hydroxyl groups excluding tert-OH is 1. The van der Waals surface area contributed by atoms with E-state index >= 15 is 0 Å². The van der Waals surface area contributed by atoms with Crippen molar-refractivity contribution >= 4 is 5.97 Å². The third kappa shape index (κ3) is 5.38. The summed E-state index contributed by atoms with van der Waals surface area (Å²) in [5, 5.41) is 9.41. The van der Waals surface area contributed by atoms with Gasteiger partial charge < -0.3 is 9.84 Å². The lowest BCUT2D eigenvalue weighted by Gasteiger charge is -2.24. The summed E-state index contributed by atoms with van der Waals surface area (Å²) in [6, 6.07) is 0. The molecule has 0 aliphatic heterocycles. The van der Waals surface area contributed by atoms with Crippen LogP contribution < -0.4 is 0 Å². The van der Waals surface area contributed by atoms with Gasteiger partial charge in [0, 0.05) is 0 Å². The lowest BCUT2D eigenvalue weighted by Crippen LogP contribution is -2.27. The first kappa shape index (κ1) is 15.5. The molecule has 0 heterocycles. The van der Waals surface area contributed by atoms with Gasteiger partial charge in [-0.05, 0) is 38.0 Å². The number of ether oxygens (including phenoxy) is 1. The fourth-order valence-electron chi connectivity index (χ4n) is 2.53. The Labute approximate surface area is 111 Å². The zero-order valence-corrected chi connectivity index (χ0v) is 11.9. The first-order valence-corrected chi connectivity index (χ1v) is 7.52. The second-order valence-electron chi connectivity index (χ2n) is 5.55. The van der Waals surface area contributed by atoms with Gasteiger partial charge in [0.1, 0.15) is 0 Å². The van der Waals surface area contributed by atoms with Crippen LogP contribution in [0.25, 0.3) is 0 Å². The quantitative estimate of drug-likeness (QED) is 0.711. The van der Waals surface area contributed by atoms with Crippen molar-refractivity contribution in [3.63, 3.8) is 0 Å². The van der Waals surface area contributed by atoms with E-state index in [2.05, 4.69) is 13.8 Å². The monoisotopic (exact) mass is 256 g/mol. The highest BCUT2D eigenvalue weighted by atomic mass is 16.5. The van der Waals surface area contributed by atoms with Crippen molar-refractivity contribution in [1.82, 2.24) is 0 Å². The van der Waals surface area contributed by atoms with Crippen molar-refractivity contribution in [2.45, 2.75) is 71.3 Å². The molecule has 0 spiro atoms. The molecule has 0 aromatic carbocycles. The predicted molar refractivity (Wildman–Crippen MR) is 72.2 cm³/mol. The number of hydrogen-bond donors (Lipinski definition) is 1. The van der Waals surface area contributed by atoms with Crippen molar-refractivity contribution in [2.75, 3.05) is 6.61 Å². The van der Waals surface area contributed by atoms with Crippen LogP contribution >= 0.6 is 0 Å². The molecule has 3 heteroatoms. The van der Waals surface area contributed by atoms with Crippen LogP contribution in [0, 0.1) is 11.8 Å². The number of rotatable bonds is 7. The molecule has 1 saturated carbocycles. The summed E-state index contributed by atoms with van der Waals surface area (Å²) in [5.41, 5.74) is 0. The summed E-state index contributed by atoms with van der Waals surface area (Å²) in [4.78, 5) is 11.9. The van der Waals surface area contributed by atoms with E-state index in [0.29, 0.717) is 12.5 Å². The van der Waals surface area contributed by atoms with Gasteiger partial charge in [0.2, 0.25) is 0 Å². The number of esters is 1. The number of unbranched alkanes of at least 4 members (excludes halogenated alkanes) is 1. The van der Waals surface area contributed by atoms with Gasteiger partial charge in [-0.2, -0.15) is 0 Å². The Bertz CT molecular complexity index is 232. The van der Waals surface area contributed by atoms with Crippen molar-refractivity contribution in [3.05, 3.63) is 0 Å². The fourth-order valence-corrected chi connectivity index (χ4v) is 2.53. The Morgan fingerprint density at radius 3 is 2.50 bits per heavy atom. The van der Waals surface area contributed by atoms with Gasteiger partial charge in [-0.1, -0.05) is 33.1 Å². The molecule has 1 atom stereocenters. The van der Waals surface area contributed by atoms with E-state index in [9.17, 15) is 9.90 Å². The highest BCUT2D eigenvalue weighted by Gasteiger charge is 2.26. The highest BCUT2D eigenvalue weighted by molar-refractivity contribution is 5.72. The van der Waals surface area contributed by atoms with E-state index in [0.717, 1.165) is 38.5 Å². The molecular weight excluding hydrogens is 228 g/mol. The van der Waals surface area contributed by atoms with Crippen LogP contribution in [-0.2, 0) is 9.53 Å². The van der Waals surface area contributed by atoms with Crippen LogP contribution in [0.4, 0.5) is 0 Å². The average molecular weight is 256 g/mol. The number of hydrogen-bond acceptors (Lipinski definition) is 3. The number of aliphatic hydroxyl groups is 1. The smallest absolute Gasteiger partial charge is 0.308 e. The molecule has 1 N–H and O–H groups in total. The average Bonchev–Trinajstić information content (AvgIpc) is 2.39. The summed E-state index contributed by atoms with van der Waals surface area (Å²) in [7, 11) is 0. The Hall–Kier alpha value is -0.570. The minimum atomic E-state index is -0.206. The standard InChI is InChI=1S/C15H28O3/c1-3-5-6-12(4-2)11-18-15(17)13-7-9-14(16)10-8-13/h12-14,16H,3-11H2,1-2H3. The minimum Gasteiger partial charge on any atom is -0.465 e. The van der Waals surface area contributed by atoms with E-state index in [-0.39, 0.29) is 18.0 Å². The van der Waals surface area contributed by atoms with Gasteiger partial charge >= 0.3 is 5.97 Å². The molecule has 1 aliphatic rings. The zero-order valence-electron chi connectivity index (χ0n) is 11.9. The first-order valence-electron chi connectivity index (χ1n) is 7.52. The van der Waals surface area contributed by atoms with Crippen LogP contribution in [0.3, 0.4) is 0 Å². The van der Waals surface area contributed by atoms with Crippen LogP contribution in [0.1, 0.15) is 65.2 Å². The molecule has 1 unspecified atom stereocenters. The summed E-state index contributed by atoms with van der Waals surface area (Å²) in [6.45, 7) is 4.92. The first-order chi connectivity index (χ1) is 8.67. The van der Waals surface area contributed by atoms with E-state index in [1.54, 1.807) is 0 Å². The maximum absolute atomic E-state index is 11.9. The molecule has 0 radical (unpaired) electrons. The zero-order chi connectivity index (χ0) is 13.4. The van der Waals surface area contributed by atoms with Gasteiger partial charge in [0.15, 0.2) is 0 Å². The van der Waals surface area contributed by atoms with E-state index in [1.807, 2.05) is 0 Å². The molecule has 0 amide bonds. The molecular formula is C15H28O3. The maximum Gasteiger partial charge on any atom is 0.308 e. The molecule has 0 bridgehead atoms. The maximum atomic E-state index is 11.9. The van der Waals surface area contributed by atoms with E-state index < -0.39 is 0 Å². The van der Waals surface area contributed by atoms with Crippen molar-refractivity contribution < 1.29 is 14.6 Å². The van der Waals surface area contributed by atoms with Gasteiger partial charge in [0.25, 0.3) is 0 Å². The third-order valence-electron chi connectivity index (χ3n) is 4.03. The highest BCUT2D eigenvalue weighted by Crippen LogP contribution is 2.25. The summed E-state index contributed by atoms with van der Waals surface area (Å²) < 4.78 is 5.45. The third-order valence-corrected chi connectivity index (χ3v) is 4.03. The Morgan fingerprint density at radius 1 is 1.28 bits per heavy atom. The van der Waals surface area contributed by atoms with Gasteiger partial charge in [-0.25, -0.2) is 0 Å². The van der Waals surface area contributed by atoms with Crippen LogP contribution in [-0.4, -0.2) is 23.8 Å². The van der Waals surface area contributed by atoms with E-state index in [1.165, 1.54) is 12.8 Å². The molecule has 1 aliphatic carbocycles. The summed E-state index contributed by atoms with van der Waals surface area (Å²) in [6.07, 6.45) is 7.50. The van der Waals surface area contributed by atoms with Crippen LogP contribution in [0.2, 0.25) is 0 Å². The second kappa shape index (κ2) is 8.52. The Balaban J connectivity index is 2.22. The van der Waals surface area contributed by atoms with Gasteiger partial charge in [-0.3, -0.25) is 4.79 Å². The largest absolute Gasteiger partial charge is 0.465 e. The molecule has 106 valence electrons. The van der Waals surface area contributed by atoms with Crippen LogP contribution in [0.5, 0.6) is 0 Å². The number of carbonyl (C=O) groups is 1. The molecule has 0 aromatic rings. The SMILES string of the molecule is CCCCC(CC)COC(=O)C1CCC(O)CC1. The van der Waals surface area contributed by atoms with E-state index in [4.69, 9.17) is 4.74 Å². The lowest BCUT2D eigenvalue weighted by molar-refractivity contribution is -0.151. The van der Waals surface area contributed by atoms with Crippen molar-refractivity contribution in [2.24, 2.45) is 11.8 Å². The normalized spacial score (nSPS) is 25.7. The molecule has 3 nitrogen and oxygen atoms in total. The summed E-state index contributed by atoms with van der Waals surface area (Å²) in [5.74, 6) is 0.497.